The third-order valence-corrected chi connectivity index (χ3v) is 6.86. The fraction of sp³-hybridized carbons (Fsp3) is 0.240. The summed E-state index contributed by atoms with van der Waals surface area (Å²) in [6, 6.07) is 15.3. The molecule has 0 amide bonds. The second kappa shape index (κ2) is 7.61. The van der Waals surface area contributed by atoms with Crippen molar-refractivity contribution >= 4 is 32.6 Å². The van der Waals surface area contributed by atoms with Crippen molar-refractivity contribution < 1.29 is 0 Å². The molecule has 0 saturated heterocycles. The Bertz CT molecular complexity index is 1380. The van der Waals surface area contributed by atoms with Gasteiger partial charge in [-0.2, -0.15) is 0 Å². The Balaban J connectivity index is 1.51. The van der Waals surface area contributed by atoms with Crippen LogP contribution in [0.4, 0.5) is 0 Å². The summed E-state index contributed by atoms with van der Waals surface area (Å²) in [5.74, 6) is 0. The van der Waals surface area contributed by atoms with Gasteiger partial charge in [0.05, 0.1) is 23.1 Å². The molecule has 3 aromatic heterocycles. The zero-order valence-electron chi connectivity index (χ0n) is 17.1. The van der Waals surface area contributed by atoms with Crippen molar-refractivity contribution in [3.8, 4) is 22.5 Å². The molecule has 6 rings (SSSR count). The van der Waals surface area contributed by atoms with Crippen LogP contribution in [0.3, 0.4) is 0 Å². The molecule has 31 heavy (non-hydrogen) atoms. The van der Waals surface area contributed by atoms with E-state index < -0.39 is 0 Å². The van der Waals surface area contributed by atoms with Gasteiger partial charge in [-0.25, -0.2) is 15.0 Å². The minimum absolute atomic E-state index is 0.544. The van der Waals surface area contributed by atoms with Crippen molar-refractivity contribution in [2.45, 2.75) is 38.1 Å². The normalized spacial score (nSPS) is 15.1. The van der Waals surface area contributed by atoms with Crippen LogP contribution in [0.2, 0.25) is 0 Å². The summed E-state index contributed by atoms with van der Waals surface area (Å²) in [4.78, 5) is 14.3. The van der Waals surface area contributed by atoms with E-state index in [4.69, 9.17) is 4.98 Å². The molecule has 5 aromatic rings. The van der Waals surface area contributed by atoms with E-state index in [0.29, 0.717) is 6.04 Å². The van der Waals surface area contributed by atoms with Crippen LogP contribution in [0.25, 0.3) is 39.2 Å². The summed E-state index contributed by atoms with van der Waals surface area (Å²) in [6.45, 7) is 0. The molecule has 0 aliphatic heterocycles. The van der Waals surface area contributed by atoms with Crippen LogP contribution >= 0.6 is 15.9 Å². The predicted molar refractivity (Wildman–Crippen MR) is 127 cm³/mol. The molecule has 2 aromatic carbocycles. The molecule has 1 aliphatic rings. The molecule has 0 bridgehead atoms. The lowest BCUT2D eigenvalue weighted by Crippen LogP contribution is -2.11. The number of benzene rings is 2. The van der Waals surface area contributed by atoms with Crippen molar-refractivity contribution in [1.29, 1.82) is 0 Å². The molecule has 6 heteroatoms. The second-order valence-electron chi connectivity index (χ2n) is 8.29. The van der Waals surface area contributed by atoms with Gasteiger partial charge in [0, 0.05) is 40.2 Å². The molecule has 154 valence electrons. The van der Waals surface area contributed by atoms with Gasteiger partial charge < -0.3 is 8.97 Å². The van der Waals surface area contributed by atoms with Crippen LogP contribution in [0.15, 0.2) is 71.9 Å². The van der Waals surface area contributed by atoms with Crippen molar-refractivity contribution in [2.75, 3.05) is 0 Å². The molecule has 0 atom stereocenters. The summed E-state index contributed by atoms with van der Waals surface area (Å²) in [5, 5.41) is 0. The fourth-order valence-electron chi connectivity index (χ4n) is 4.71. The summed E-state index contributed by atoms with van der Waals surface area (Å²) in [5.41, 5.74) is 7.05. The summed E-state index contributed by atoms with van der Waals surface area (Å²) < 4.78 is 5.49. The third kappa shape index (κ3) is 3.35. The lowest BCUT2D eigenvalue weighted by molar-refractivity contribution is 0.359. The Kier molecular flexibility index (Phi) is 4.60. The molecule has 3 heterocycles. The van der Waals surface area contributed by atoms with Gasteiger partial charge in [0.1, 0.15) is 5.69 Å². The molecule has 1 saturated carbocycles. The first-order valence-electron chi connectivity index (χ1n) is 10.8. The standard InChI is InChI=1S/C25H22BrN5/c26-19-9-6-17(7-10-19)22-15-30-13-12-27-25(30)24(29-22)18-8-11-21-23(14-18)31(16-28-21)20-4-2-1-3-5-20/h6-16,20H,1-5H2. The van der Waals surface area contributed by atoms with Crippen LogP contribution in [0.1, 0.15) is 38.1 Å². The number of fused-ring (bicyclic) bond motifs is 2. The van der Waals surface area contributed by atoms with Crippen LogP contribution in [-0.4, -0.2) is 23.9 Å². The van der Waals surface area contributed by atoms with Gasteiger partial charge in [-0.05, 0) is 37.1 Å². The Morgan fingerprint density at radius 1 is 0.903 bits per heavy atom. The molecular weight excluding hydrogens is 450 g/mol. The molecule has 0 N–H and O–H groups in total. The topological polar surface area (TPSA) is 48.0 Å². The molecular formula is C25H22BrN5. The highest BCUT2D eigenvalue weighted by Gasteiger charge is 2.19. The van der Waals surface area contributed by atoms with Gasteiger partial charge >= 0.3 is 0 Å². The van der Waals surface area contributed by atoms with E-state index in [1.165, 1.54) is 37.6 Å². The molecule has 5 nitrogen and oxygen atoms in total. The Morgan fingerprint density at radius 3 is 2.55 bits per heavy atom. The van der Waals surface area contributed by atoms with E-state index in [-0.39, 0.29) is 0 Å². The first kappa shape index (κ1) is 18.8. The molecule has 1 fully saturated rings. The number of hydrogen-bond donors (Lipinski definition) is 0. The van der Waals surface area contributed by atoms with Gasteiger partial charge in [-0.1, -0.05) is 53.4 Å². The zero-order chi connectivity index (χ0) is 20.8. The van der Waals surface area contributed by atoms with Crippen molar-refractivity contribution in [3.05, 3.63) is 71.9 Å². The van der Waals surface area contributed by atoms with E-state index in [0.717, 1.165) is 38.2 Å². The number of halogens is 1. The van der Waals surface area contributed by atoms with Crippen molar-refractivity contribution in [1.82, 2.24) is 23.9 Å². The van der Waals surface area contributed by atoms with E-state index in [1.807, 2.05) is 37.1 Å². The van der Waals surface area contributed by atoms with Crippen molar-refractivity contribution in [3.63, 3.8) is 0 Å². The lowest BCUT2D eigenvalue weighted by Gasteiger charge is -2.23. The first-order valence-corrected chi connectivity index (χ1v) is 11.6. The number of hydrogen-bond acceptors (Lipinski definition) is 3. The summed E-state index contributed by atoms with van der Waals surface area (Å²) in [6.07, 6.45) is 14.3. The maximum atomic E-state index is 5.05. The highest BCUT2D eigenvalue weighted by atomic mass is 79.9. The summed E-state index contributed by atoms with van der Waals surface area (Å²) in [7, 11) is 0. The average Bonchev–Trinajstić information content (AvgIpc) is 3.46. The predicted octanol–water partition coefficient (Wildman–Crippen LogP) is 6.68. The van der Waals surface area contributed by atoms with Crippen LogP contribution in [0, 0.1) is 0 Å². The SMILES string of the molecule is Brc1ccc(-c2cn3ccnc3c(-c3ccc4ncn(C5CCCCC5)c4c3)n2)cc1. The van der Waals surface area contributed by atoms with Crippen LogP contribution in [-0.2, 0) is 0 Å². The van der Waals surface area contributed by atoms with Crippen molar-refractivity contribution in [2.24, 2.45) is 0 Å². The van der Waals surface area contributed by atoms with E-state index in [2.05, 4.69) is 65.2 Å². The highest BCUT2D eigenvalue weighted by Crippen LogP contribution is 2.33. The maximum Gasteiger partial charge on any atom is 0.163 e. The average molecular weight is 472 g/mol. The largest absolute Gasteiger partial charge is 0.327 e. The molecule has 0 spiro atoms. The van der Waals surface area contributed by atoms with Crippen LogP contribution in [0.5, 0.6) is 0 Å². The number of rotatable bonds is 3. The molecule has 0 unspecified atom stereocenters. The van der Waals surface area contributed by atoms with E-state index in [9.17, 15) is 0 Å². The van der Waals surface area contributed by atoms with Gasteiger partial charge in [-0.3, -0.25) is 0 Å². The highest BCUT2D eigenvalue weighted by molar-refractivity contribution is 9.10. The smallest absolute Gasteiger partial charge is 0.163 e. The Hall–Kier alpha value is -2.99. The minimum Gasteiger partial charge on any atom is -0.327 e. The lowest BCUT2D eigenvalue weighted by atomic mass is 9.95. The molecule has 1 aliphatic carbocycles. The third-order valence-electron chi connectivity index (χ3n) is 6.33. The monoisotopic (exact) mass is 471 g/mol. The maximum absolute atomic E-state index is 5.05. The van der Waals surface area contributed by atoms with Gasteiger partial charge in [0.25, 0.3) is 0 Å². The zero-order valence-corrected chi connectivity index (χ0v) is 18.7. The number of imidazole rings is 2. The van der Waals surface area contributed by atoms with Crippen LogP contribution < -0.4 is 0 Å². The van der Waals surface area contributed by atoms with Gasteiger partial charge in [0.2, 0.25) is 0 Å². The summed E-state index contributed by atoms with van der Waals surface area (Å²) >= 11 is 3.52. The second-order valence-corrected chi connectivity index (χ2v) is 9.20. The van der Waals surface area contributed by atoms with Gasteiger partial charge in [-0.15, -0.1) is 0 Å². The van der Waals surface area contributed by atoms with E-state index >= 15 is 0 Å². The minimum atomic E-state index is 0.544. The van der Waals surface area contributed by atoms with Gasteiger partial charge in [0.15, 0.2) is 5.65 Å². The first-order chi connectivity index (χ1) is 15.3. The Morgan fingerprint density at radius 2 is 1.71 bits per heavy atom. The number of aromatic nitrogens is 5. The number of nitrogens with zero attached hydrogens (tertiary/aromatic N) is 5. The molecule has 0 radical (unpaired) electrons. The quantitative estimate of drug-likeness (QED) is 0.294. The van der Waals surface area contributed by atoms with E-state index in [1.54, 1.807) is 0 Å². The fourth-order valence-corrected chi connectivity index (χ4v) is 4.97. The Labute approximate surface area is 188 Å².